The Morgan fingerprint density at radius 2 is 2.13 bits per heavy atom. The van der Waals surface area contributed by atoms with Crippen LogP contribution in [-0.4, -0.2) is 4.98 Å². The molecule has 0 N–H and O–H groups in total. The Hall–Kier alpha value is -1.89. The van der Waals surface area contributed by atoms with E-state index in [1.165, 1.54) is 0 Å². The van der Waals surface area contributed by atoms with Crippen LogP contribution in [-0.2, 0) is 0 Å². The smallest absolute Gasteiger partial charge is 0.0780 e. The molecule has 0 amide bonds. The van der Waals surface area contributed by atoms with Gasteiger partial charge in [0.05, 0.1) is 5.52 Å². The molecular weight excluding hydrogens is 182 g/mol. The van der Waals surface area contributed by atoms with Crippen molar-refractivity contribution in [3.05, 3.63) is 54.2 Å². The van der Waals surface area contributed by atoms with Crippen LogP contribution in [0.1, 0.15) is 18.1 Å². The largest absolute Gasteiger partial charge is 0.256 e. The molecular formula is C14H13N. The summed E-state index contributed by atoms with van der Waals surface area (Å²) >= 11 is 0. The van der Waals surface area contributed by atoms with Crippen LogP contribution < -0.4 is 0 Å². The Morgan fingerprint density at radius 1 is 1.27 bits per heavy atom. The highest BCUT2D eigenvalue weighted by Crippen LogP contribution is 2.22. The molecule has 0 aliphatic rings. The molecule has 2 aromatic rings. The summed E-state index contributed by atoms with van der Waals surface area (Å²) < 4.78 is 0. The van der Waals surface area contributed by atoms with E-state index < -0.39 is 0 Å². The van der Waals surface area contributed by atoms with E-state index in [9.17, 15) is 0 Å². The summed E-state index contributed by atoms with van der Waals surface area (Å²) in [7, 11) is 0. The Labute approximate surface area is 89.8 Å². The van der Waals surface area contributed by atoms with Gasteiger partial charge in [-0.15, -0.1) is 0 Å². The van der Waals surface area contributed by atoms with Gasteiger partial charge in [-0.25, -0.2) is 0 Å². The summed E-state index contributed by atoms with van der Waals surface area (Å²) in [4.78, 5) is 4.41. The lowest BCUT2D eigenvalue weighted by molar-refractivity contribution is 1.40. The van der Waals surface area contributed by atoms with E-state index in [1.807, 2.05) is 31.3 Å². The third kappa shape index (κ3) is 1.68. The Bertz CT molecular complexity index is 524. The molecule has 0 saturated carbocycles. The average Bonchev–Trinajstić information content (AvgIpc) is 2.30. The van der Waals surface area contributed by atoms with E-state index in [4.69, 9.17) is 0 Å². The molecule has 1 nitrogen and oxygen atoms in total. The van der Waals surface area contributed by atoms with E-state index in [1.54, 1.807) is 0 Å². The molecule has 0 saturated heterocycles. The Balaban J connectivity index is 2.84. The van der Waals surface area contributed by atoms with E-state index in [0.717, 1.165) is 22.0 Å². The van der Waals surface area contributed by atoms with Crippen LogP contribution in [0.25, 0.3) is 23.1 Å². The number of pyridine rings is 1. The fourth-order valence-corrected chi connectivity index (χ4v) is 1.70. The highest BCUT2D eigenvalue weighted by Gasteiger charge is 2.02. The minimum absolute atomic E-state index is 1.04. The van der Waals surface area contributed by atoms with Crippen molar-refractivity contribution in [2.75, 3.05) is 0 Å². The molecule has 0 fully saturated rings. The lowest BCUT2D eigenvalue weighted by Crippen LogP contribution is -1.86. The molecule has 0 bridgehead atoms. The first-order valence-electron chi connectivity index (χ1n) is 4.99. The molecule has 1 aromatic carbocycles. The van der Waals surface area contributed by atoms with Crippen LogP contribution >= 0.6 is 0 Å². The quantitative estimate of drug-likeness (QED) is 0.708. The van der Waals surface area contributed by atoms with Gasteiger partial charge in [0, 0.05) is 17.1 Å². The van der Waals surface area contributed by atoms with Crippen molar-refractivity contribution in [3.8, 4) is 0 Å². The molecule has 0 unspecified atom stereocenters. The van der Waals surface area contributed by atoms with Gasteiger partial charge in [0.15, 0.2) is 0 Å². The molecule has 0 aliphatic heterocycles. The van der Waals surface area contributed by atoms with Crippen molar-refractivity contribution >= 4 is 23.1 Å². The minimum Gasteiger partial charge on any atom is -0.256 e. The lowest BCUT2D eigenvalue weighted by Gasteiger charge is -2.05. The van der Waals surface area contributed by atoms with Crippen molar-refractivity contribution in [3.63, 3.8) is 0 Å². The molecule has 1 heteroatoms. The minimum atomic E-state index is 1.04. The van der Waals surface area contributed by atoms with Gasteiger partial charge in [0.1, 0.15) is 0 Å². The van der Waals surface area contributed by atoms with Crippen molar-refractivity contribution in [2.45, 2.75) is 6.92 Å². The summed E-state index contributed by atoms with van der Waals surface area (Å²) in [5.74, 6) is 0. The molecule has 74 valence electrons. The van der Waals surface area contributed by atoms with Gasteiger partial charge in [0.25, 0.3) is 0 Å². The first-order chi connectivity index (χ1) is 7.36. The number of allylic oxidation sites excluding steroid dienone is 1. The molecule has 0 atom stereocenters. The average molecular weight is 195 g/mol. The van der Waals surface area contributed by atoms with Gasteiger partial charge in [0.2, 0.25) is 0 Å². The zero-order valence-corrected chi connectivity index (χ0v) is 8.77. The van der Waals surface area contributed by atoms with Crippen LogP contribution in [0.5, 0.6) is 0 Å². The number of rotatable bonds is 2. The molecule has 1 aromatic heterocycles. The first-order valence-corrected chi connectivity index (χ1v) is 4.99. The SMILES string of the molecule is C=Cc1ccc2cccnc2c1/C=C\C. The van der Waals surface area contributed by atoms with Crippen LogP contribution in [0.3, 0.4) is 0 Å². The van der Waals surface area contributed by atoms with E-state index >= 15 is 0 Å². The van der Waals surface area contributed by atoms with Gasteiger partial charge in [-0.2, -0.15) is 0 Å². The van der Waals surface area contributed by atoms with Crippen molar-refractivity contribution < 1.29 is 0 Å². The monoisotopic (exact) mass is 195 g/mol. The highest BCUT2D eigenvalue weighted by molar-refractivity contribution is 5.90. The van der Waals surface area contributed by atoms with Gasteiger partial charge in [-0.1, -0.05) is 43.0 Å². The van der Waals surface area contributed by atoms with Gasteiger partial charge < -0.3 is 0 Å². The normalized spacial score (nSPS) is 11.0. The second-order valence-corrected chi connectivity index (χ2v) is 3.35. The maximum Gasteiger partial charge on any atom is 0.0780 e. The topological polar surface area (TPSA) is 12.9 Å². The zero-order valence-electron chi connectivity index (χ0n) is 8.77. The van der Waals surface area contributed by atoms with Crippen molar-refractivity contribution in [1.29, 1.82) is 0 Å². The van der Waals surface area contributed by atoms with Gasteiger partial charge in [-0.05, 0) is 18.6 Å². The van der Waals surface area contributed by atoms with E-state index in [-0.39, 0.29) is 0 Å². The predicted molar refractivity (Wildman–Crippen MR) is 66.5 cm³/mol. The number of hydrogen-bond donors (Lipinski definition) is 0. The zero-order chi connectivity index (χ0) is 10.7. The Kier molecular flexibility index (Phi) is 2.64. The molecule has 0 radical (unpaired) electrons. The fraction of sp³-hybridized carbons (Fsp3) is 0.0714. The second-order valence-electron chi connectivity index (χ2n) is 3.35. The highest BCUT2D eigenvalue weighted by atomic mass is 14.6. The molecule has 2 rings (SSSR count). The van der Waals surface area contributed by atoms with Crippen LogP contribution in [0.2, 0.25) is 0 Å². The second kappa shape index (κ2) is 4.09. The maximum atomic E-state index is 4.41. The third-order valence-corrected chi connectivity index (χ3v) is 2.40. The summed E-state index contributed by atoms with van der Waals surface area (Å²) in [6, 6.07) is 8.18. The molecule has 0 spiro atoms. The summed E-state index contributed by atoms with van der Waals surface area (Å²) in [6.07, 6.45) is 7.79. The Morgan fingerprint density at radius 3 is 2.87 bits per heavy atom. The predicted octanol–water partition coefficient (Wildman–Crippen LogP) is 3.91. The number of nitrogens with zero attached hydrogens (tertiary/aromatic N) is 1. The van der Waals surface area contributed by atoms with Crippen LogP contribution in [0.4, 0.5) is 0 Å². The van der Waals surface area contributed by atoms with Crippen molar-refractivity contribution in [2.24, 2.45) is 0 Å². The van der Waals surface area contributed by atoms with E-state index in [0.29, 0.717) is 0 Å². The van der Waals surface area contributed by atoms with Crippen molar-refractivity contribution in [1.82, 2.24) is 4.98 Å². The number of aromatic nitrogens is 1. The molecule has 15 heavy (non-hydrogen) atoms. The standard InChI is InChI=1S/C14H13N/c1-3-6-13-11(4-2)8-9-12-7-5-10-15-14(12)13/h3-10H,2H2,1H3/b6-3-. The van der Waals surface area contributed by atoms with Crippen LogP contribution in [0.15, 0.2) is 43.1 Å². The first kappa shape index (κ1) is 9.66. The molecule has 1 heterocycles. The van der Waals surface area contributed by atoms with Gasteiger partial charge in [-0.3, -0.25) is 4.98 Å². The molecule has 0 aliphatic carbocycles. The summed E-state index contributed by atoms with van der Waals surface area (Å²) in [5, 5.41) is 1.16. The summed E-state index contributed by atoms with van der Waals surface area (Å²) in [6.45, 7) is 5.83. The third-order valence-electron chi connectivity index (χ3n) is 2.40. The lowest BCUT2D eigenvalue weighted by atomic mass is 10.0. The summed E-state index contributed by atoms with van der Waals surface area (Å²) in [5.41, 5.74) is 3.30. The number of fused-ring (bicyclic) bond motifs is 1. The van der Waals surface area contributed by atoms with Crippen LogP contribution in [0, 0.1) is 0 Å². The fourth-order valence-electron chi connectivity index (χ4n) is 1.70. The maximum absolute atomic E-state index is 4.41. The van der Waals surface area contributed by atoms with Gasteiger partial charge >= 0.3 is 0 Å². The van der Waals surface area contributed by atoms with E-state index in [2.05, 4.69) is 35.8 Å². The number of hydrogen-bond acceptors (Lipinski definition) is 1. The number of benzene rings is 1.